The second-order valence-corrected chi connectivity index (χ2v) is 4.34. The van der Waals surface area contributed by atoms with Crippen molar-refractivity contribution in [3.63, 3.8) is 0 Å². The van der Waals surface area contributed by atoms with Gasteiger partial charge in [-0.1, -0.05) is 6.92 Å². The number of hydrogen-bond donors (Lipinski definition) is 1. The summed E-state index contributed by atoms with van der Waals surface area (Å²) < 4.78 is 7.05. The molecule has 1 aromatic heterocycles. The summed E-state index contributed by atoms with van der Waals surface area (Å²) in [4.78, 5) is 11.5. The van der Waals surface area contributed by atoms with Crippen LogP contribution in [0.2, 0.25) is 0 Å². The van der Waals surface area contributed by atoms with Crippen molar-refractivity contribution in [2.45, 2.75) is 46.4 Å². The standard InChI is InChI=1S/C13H22N2O2/c1-4-7-14-9-12-6-5-8-15(12)10-13(16)17-11(2)3/h5-6,8,11,14H,4,7,9-10H2,1-3H3. The molecule has 17 heavy (non-hydrogen) atoms. The summed E-state index contributed by atoms with van der Waals surface area (Å²) in [5.41, 5.74) is 1.11. The van der Waals surface area contributed by atoms with Gasteiger partial charge in [-0.25, -0.2) is 0 Å². The molecular formula is C13H22N2O2. The van der Waals surface area contributed by atoms with Gasteiger partial charge in [-0.3, -0.25) is 4.79 Å². The van der Waals surface area contributed by atoms with E-state index in [0.29, 0.717) is 0 Å². The van der Waals surface area contributed by atoms with Crippen LogP contribution in [-0.2, 0) is 22.6 Å². The van der Waals surface area contributed by atoms with E-state index in [2.05, 4.69) is 12.2 Å². The number of carbonyl (C=O) groups is 1. The smallest absolute Gasteiger partial charge is 0.326 e. The maximum absolute atomic E-state index is 11.5. The fourth-order valence-corrected chi connectivity index (χ4v) is 1.60. The van der Waals surface area contributed by atoms with Gasteiger partial charge in [0.15, 0.2) is 0 Å². The molecule has 1 heterocycles. The zero-order chi connectivity index (χ0) is 12.7. The van der Waals surface area contributed by atoms with Crippen molar-refractivity contribution < 1.29 is 9.53 Å². The second-order valence-electron chi connectivity index (χ2n) is 4.34. The molecule has 0 saturated heterocycles. The van der Waals surface area contributed by atoms with Gasteiger partial charge in [0, 0.05) is 18.4 Å². The first kappa shape index (κ1) is 13.8. The van der Waals surface area contributed by atoms with Crippen LogP contribution < -0.4 is 5.32 Å². The predicted octanol–water partition coefficient (Wildman–Crippen LogP) is 1.94. The Labute approximate surface area is 103 Å². The first-order valence-electron chi connectivity index (χ1n) is 6.17. The van der Waals surface area contributed by atoms with Crippen molar-refractivity contribution in [2.75, 3.05) is 6.54 Å². The van der Waals surface area contributed by atoms with Gasteiger partial charge in [-0.2, -0.15) is 0 Å². The van der Waals surface area contributed by atoms with E-state index in [9.17, 15) is 4.79 Å². The van der Waals surface area contributed by atoms with Crippen LogP contribution in [0.5, 0.6) is 0 Å². The Bertz CT molecular complexity index is 345. The van der Waals surface area contributed by atoms with Crippen LogP contribution in [-0.4, -0.2) is 23.2 Å². The van der Waals surface area contributed by atoms with Gasteiger partial charge in [-0.05, 0) is 38.9 Å². The fraction of sp³-hybridized carbons (Fsp3) is 0.615. The molecule has 0 aliphatic rings. The summed E-state index contributed by atoms with van der Waals surface area (Å²) in [6.07, 6.45) is 2.96. The fourth-order valence-electron chi connectivity index (χ4n) is 1.60. The van der Waals surface area contributed by atoms with Crippen LogP contribution in [0.15, 0.2) is 18.3 Å². The van der Waals surface area contributed by atoms with E-state index in [-0.39, 0.29) is 18.6 Å². The van der Waals surface area contributed by atoms with Crippen LogP contribution in [0.3, 0.4) is 0 Å². The largest absolute Gasteiger partial charge is 0.462 e. The van der Waals surface area contributed by atoms with Crippen molar-refractivity contribution >= 4 is 5.97 Å². The van der Waals surface area contributed by atoms with E-state index < -0.39 is 0 Å². The molecule has 0 saturated carbocycles. The highest BCUT2D eigenvalue weighted by Crippen LogP contribution is 2.03. The summed E-state index contributed by atoms with van der Waals surface area (Å²) in [6, 6.07) is 3.97. The van der Waals surface area contributed by atoms with E-state index >= 15 is 0 Å². The molecule has 1 rings (SSSR count). The van der Waals surface area contributed by atoms with Gasteiger partial charge in [0.1, 0.15) is 6.54 Å². The van der Waals surface area contributed by atoms with Crippen molar-refractivity contribution in [3.8, 4) is 0 Å². The van der Waals surface area contributed by atoms with Crippen LogP contribution in [0, 0.1) is 0 Å². The van der Waals surface area contributed by atoms with E-state index in [1.807, 2.05) is 36.7 Å². The highest BCUT2D eigenvalue weighted by Gasteiger charge is 2.08. The predicted molar refractivity (Wildman–Crippen MR) is 67.7 cm³/mol. The van der Waals surface area contributed by atoms with Gasteiger partial charge in [0.05, 0.1) is 6.10 Å². The van der Waals surface area contributed by atoms with Gasteiger partial charge >= 0.3 is 5.97 Å². The summed E-state index contributed by atoms with van der Waals surface area (Å²) in [7, 11) is 0. The molecular weight excluding hydrogens is 216 g/mol. The van der Waals surface area contributed by atoms with Gasteiger partial charge < -0.3 is 14.6 Å². The Morgan fingerprint density at radius 3 is 2.94 bits per heavy atom. The van der Waals surface area contributed by atoms with Crippen molar-refractivity contribution in [2.24, 2.45) is 0 Å². The molecule has 0 amide bonds. The number of ether oxygens (including phenoxy) is 1. The number of rotatable bonds is 7. The average molecular weight is 238 g/mol. The summed E-state index contributed by atoms with van der Waals surface area (Å²) in [6.45, 7) is 7.91. The third kappa shape index (κ3) is 5.04. The molecule has 96 valence electrons. The lowest BCUT2D eigenvalue weighted by atomic mass is 10.4. The lowest BCUT2D eigenvalue weighted by molar-refractivity contribution is -0.148. The maximum Gasteiger partial charge on any atom is 0.326 e. The highest BCUT2D eigenvalue weighted by molar-refractivity contribution is 5.69. The summed E-state index contributed by atoms with van der Waals surface area (Å²) in [5.74, 6) is -0.187. The number of nitrogens with zero attached hydrogens (tertiary/aromatic N) is 1. The first-order chi connectivity index (χ1) is 8.13. The SMILES string of the molecule is CCCNCc1cccn1CC(=O)OC(C)C. The molecule has 0 bridgehead atoms. The number of aromatic nitrogens is 1. The molecule has 1 aromatic rings. The minimum absolute atomic E-state index is 0.0558. The normalized spacial score (nSPS) is 10.8. The Morgan fingerprint density at radius 1 is 1.53 bits per heavy atom. The van der Waals surface area contributed by atoms with E-state index in [0.717, 1.165) is 25.2 Å². The van der Waals surface area contributed by atoms with Crippen LogP contribution >= 0.6 is 0 Å². The molecule has 1 N–H and O–H groups in total. The zero-order valence-corrected chi connectivity index (χ0v) is 10.9. The van der Waals surface area contributed by atoms with Crippen LogP contribution in [0.25, 0.3) is 0 Å². The average Bonchev–Trinajstić information content (AvgIpc) is 2.65. The molecule has 0 aliphatic heterocycles. The van der Waals surface area contributed by atoms with E-state index in [4.69, 9.17) is 4.74 Å². The molecule has 0 aromatic carbocycles. The molecule has 0 radical (unpaired) electrons. The van der Waals surface area contributed by atoms with E-state index in [1.54, 1.807) is 0 Å². The Morgan fingerprint density at radius 2 is 2.29 bits per heavy atom. The van der Waals surface area contributed by atoms with Crippen LogP contribution in [0.4, 0.5) is 0 Å². The van der Waals surface area contributed by atoms with Gasteiger partial charge in [-0.15, -0.1) is 0 Å². The third-order valence-corrected chi connectivity index (χ3v) is 2.32. The number of carbonyl (C=O) groups excluding carboxylic acids is 1. The molecule has 4 heteroatoms. The number of esters is 1. The Hall–Kier alpha value is -1.29. The lowest BCUT2D eigenvalue weighted by Crippen LogP contribution is -2.21. The van der Waals surface area contributed by atoms with Crippen molar-refractivity contribution in [3.05, 3.63) is 24.0 Å². The molecule has 0 spiro atoms. The molecule has 0 unspecified atom stereocenters. The van der Waals surface area contributed by atoms with Gasteiger partial charge in [0.25, 0.3) is 0 Å². The zero-order valence-electron chi connectivity index (χ0n) is 10.9. The Balaban J connectivity index is 2.47. The van der Waals surface area contributed by atoms with Crippen molar-refractivity contribution in [1.29, 1.82) is 0 Å². The summed E-state index contributed by atoms with van der Waals surface area (Å²) in [5, 5.41) is 3.32. The minimum Gasteiger partial charge on any atom is -0.462 e. The number of hydrogen-bond acceptors (Lipinski definition) is 3. The quantitative estimate of drug-likeness (QED) is 0.583. The topological polar surface area (TPSA) is 43.3 Å². The molecule has 0 fully saturated rings. The monoisotopic (exact) mass is 238 g/mol. The minimum atomic E-state index is -0.187. The second kappa shape index (κ2) is 7.12. The van der Waals surface area contributed by atoms with Gasteiger partial charge in [0.2, 0.25) is 0 Å². The Kier molecular flexibility index (Phi) is 5.77. The first-order valence-corrected chi connectivity index (χ1v) is 6.17. The molecule has 0 aliphatic carbocycles. The van der Waals surface area contributed by atoms with E-state index in [1.165, 1.54) is 0 Å². The maximum atomic E-state index is 11.5. The summed E-state index contributed by atoms with van der Waals surface area (Å²) >= 11 is 0. The lowest BCUT2D eigenvalue weighted by Gasteiger charge is -2.11. The van der Waals surface area contributed by atoms with Crippen molar-refractivity contribution in [1.82, 2.24) is 9.88 Å². The highest BCUT2D eigenvalue weighted by atomic mass is 16.5. The molecule has 0 atom stereocenters. The van der Waals surface area contributed by atoms with Crippen LogP contribution in [0.1, 0.15) is 32.9 Å². The number of nitrogens with one attached hydrogen (secondary N) is 1. The third-order valence-electron chi connectivity index (χ3n) is 2.32. The molecule has 4 nitrogen and oxygen atoms in total.